The number of carbonyl (C=O) groups excluding carboxylic acids is 2. The van der Waals surface area contributed by atoms with Gasteiger partial charge in [-0.2, -0.15) is 0 Å². The molecule has 3 rings (SSSR count). The number of amides is 2. The van der Waals surface area contributed by atoms with E-state index >= 15 is 0 Å². The second kappa shape index (κ2) is 12.3. The highest BCUT2D eigenvalue weighted by molar-refractivity contribution is 6.42. The number of benzene rings is 2. The predicted molar refractivity (Wildman–Crippen MR) is 133 cm³/mol. The summed E-state index contributed by atoms with van der Waals surface area (Å²) in [6.45, 7) is 2.22. The Bertz CT molecular complexity index is 943. The van der Waals surface area contributed by atoms with Crippen LogP contribution in [0, 0.1) is 0 Å². The number of ether oxygens (including phenoxy) is 1. The largest absolute Gasteiger partial charge is 0.497 e. The molecule has 1 aliphatic carbocycles. The van der Waals surface area contributed by atoms with Crippen molar-refractivity contribution in [3.8, 4) is 5.75 Å². The third-order valence-electron chi connectivity index (χ3n) is 6.19. The molecule has 1 atom stereocenters. The maximum absolute atomic E-state index is 13.5. The number of nitrogens with zero attached hydrogens (tertiary/aromatic N) is 1. The summed E-state index contributed by atoms with van der Waals surface area (Å²) in [4.78, 5) is 28.4. The maximum atomic E-state index is 13.5. The number of carbonyl (C=O) groups is 2. The minimum Gasteiger partial charge on any atom is -0.497 e. The lowest BCUT2D eigenvalue weighted by atomic mass is 9.95. The Morgan fingerprint density at radius 3 is 2.30 bits per heavy atom. The van der Waals surface area contributed by atoms with Gasteiger partial charge in [-0.05, 0) is 54.7 Å². The fraction of sp³-hybridized carbons (Fsp3) is 0.462. The van der Waals surface area contributed by atoms with Gasteiger partial charge in [0, 0.05) is 12.6 Å². The molecule has 0 aliphatic heterocycles. The fourth-order valence-electron chi connectivity index (χ4n) is 4.32. The van der Waals surface area contributed by atoms with E-state index < -0.39 is 6.04 Å². The Balaban J connectivity index is 1.81. The highest BCUT2D eigenvalue weighted by Crippen LogP contribution is 2.25. The zero-order valence-corrected chi connectivity index (χ0v) is 20.8. The second-order valence-electron chi connectivity index (χ2n) is 8.56. The molecule has 178 valence electrons. The number of nitrogens with one attached hydrogen (secondary N) is 1. The van der Waals surface area contributed by atoms with E-state index in [0.717, 1.165) is 42.6 Å². The van der Waals surface area contributed by atoms with Crippen molar-refractivity contribution >= 4 is 35.0 Å². The number of rotatable bonds is 9. The Labute approximate surface area is 206 Å². The van der Waals surface area contributed by atoms with Crippen LogP contribution in [0.5, 0.6) is 5.75 Å². The molecule has 0 spiro atoms. The summed E-state index contributed by atoms with van der Waals surface area (Å²) in [6, 6.07) is 12.3. The van der Waals surface area contributed by atoms with Crippen molar-refractivity contribution in [3.05, 3.63) is 63.6 Å². The quantitative estimate of drug-likeness (QED) is 0.482. The average molecular weight is 491 g/mol. The topological polar surface area (TPSA) is 58.6 Å². The second-order valence-corrected chi connectivity index (χ2v) is 9.38. The molecule has 1 fully saturated rings. The van der Waals surface area contributed by atoms with E-state index in [0.29, 0.717) is 16.5 Å². The molecule has 2 aromatic carbocycles. The summed E-state index contributed by atoms with van der Waals surface area (Å²) in [5.74, 6) is 0.529. The molecule has 0 radical (unpaired) electrons. The molecule has 33 heavy (non-hydrogen) atoms. The monoisotopic (exact) mass is 490 g/mol. The van der Waals surface area contributed by atoms with E-state index in [1.54, 1.807) is 24.1 Å². The van der Waals surface area contributed by atoms with Gasteiger partial charge in [0.05, 0.1) is 23.6 Å². The van der Waals surface area contributed by atoms with Crippen LogP contribution in [0.25, 0.3) is 0 Å². The first-order valence-electron chi connectivity index (χ1n) is 11.6. The summed E-state index contributed by atoms with van der Waals surface area (Å²) in [5, 5.41) is 4.08. The zero-order valence-electron chi connectivity index (χ0n) is 19.3. The van der Waals surface area contributed by atoms with Crippen molar-refractivity contribution in [3.63, 3.8) is 0 Å². The molecule has 0 heterocycles. The van der Waals surface area contributed by atoms with Crippen LogP contribution in [0.4, 0.5) is 0 Å². The molecule has 7 heteroatoms. The maximum Gasteiger partial charge on any atom is 0.243 e. The normalized spacial score (nSPS) is 15.0. The summed E-state index contributed by atoms with van der Waals surface area (Å²) in [6.07, 6.45) is 6.18. The Morgan fingerprint density at radius 1 is 1.03 bits per heavy atom. The van der Waals surface area contributed by atoms with Crippen LogP contribution >= 0.6 is 23.2 Å². The molecular formula is C26H32Cl2N2O3. The fourth-order valence-corrected chi connectivity index (χ4v) is 4.64. The van der Waals surface area contributed by atoms with Crippen LogP contribution in [0.2, 0.25) is 10.0 Å². The third kappa shape index (κ3) is 7.12. The molecule has 2 aromatic rings. The molecule has 1 unspecified atom stereocenters. The summed E-state index contributed by atoms with van der Waals surface area (Å²) < 4.78 is 5.21. The van der Waals surface area contributed by atoms with Crippen LogP contribution < -0.4 is 10.1 Å². The number of methoxy groups -OCH3 is 1. The number of halogens is 2. The van der Waals surface area contributed by atoms with Crippen molar-refractivity contribution < 1.29 is 14.3 Å². The number of hydrogen-bond donors (Lipinski definition) is 1. The first kappa shape index (κ1) is 25.4. The van der Waals surface area contributed by atoms with E-state index in [4.69, 9.17) is 27.9 Å². The predicted octanol–water partition coefficient (Wildman–Crippen LogP) is 5.80. The van der Waals surface area contributed by atoms with Gasteiger partial charge in [-0.15, -0.1) is 0 Å². The van der Waals surface area contributed by atoms with E-state index in [9.17, 15) is 9.59 Å². The smallest absolute Gasteiger partial charge is 0.243 e. The highest BCUT2D eigenvalue weighted by atomic mass is 35.5. The van der Waals surface area contributed by atoms with Crippen molar-refractivity contribution in [2.24, 2.45) is 0 Å². The van der Waals surface area contributed by atoms with Gasteiger partial charge in [0.1, 0.15) is 11.8 Å². The van der Waals surface area contributed by atoms with Crippen LogP contribution in [0.15, 0.2) is 42.5 Å². The van der Waals surface area contributed by atoms with Gasteiger partial charge in [-0.3, -0.25) is 9.59 Å². The first-order chi connectivity index (χ1) is 15.9. The van der Waals surface area contributed by atoms with Crippen molar-refractivity contribution in [1.82, 2.24) is 10.2 Å². The molecule has 1 saturated carbocycles. The third-order valence-corrected chi connectivity index (χ3v) is 6.93. The summed E-state index contributed by atoms with van der Waals surface area (Å²) >= 11 is 12.3. The van der Waals surface area contributed by atoms with E-state index in [1.165, 1.54) is 6.42 Å². The van der Waals surface area contributed by atoms with Gasteiger partial charge in [-0.1, -0.05) is 67.6 Å². The van der Waals surface area contributed by atoms with Gasteiger partial charge < -0.3 is 15.0 Å². The lowest BCUT2D eigenvalue weighted by Crippen LogP contribution is -2.51. The van der Waals surface area contributed by atoms with Gasteiger partial charge in [0.2, 0.25) is 11.8 Å². The van der Waals surface area contributed by atoms with Crippen LogP contribution in [0.1, 0.15) is 56.6 Å². The Morgan fingerprint density at radius 2 is 1.70 bits per heavy atom. The molecular weight excluding hydrogens is 459 g/mol. The molecule has 0 saturated heterocycles. The van der Waals surface area contributed by atoms with Gasteiger partial charge in [0.25, 0.3) is 0 Å². The molecule has 0 bridgehead atoms. The Kier molecular flexibility index (Phi) is 9.45. The van der Waals surface area contributed by atoms with Crippen molar-refractivity contribution in [2.45, 2.75) is 70.5 Å². The summed E-state index contributed by atoms with van der Waals surface area (Å²) in [7, 11) is 1.61. The zero-order chi connectivity index (χ0) is 23.8. The molecule has 5 nitrogen and oxygen atoms in total. The van der Waals surface area contributed by atoms with Crippen molar-refractivity contribution in [1.29, 1.82) is 0 Å². The standard InChI is InChI=1S/C26H32Cl2N2O3/c1-3-24(26(32)29-20-7-5-4-6-8-20)30(17-19-11-14-22(27)23(28)15-19)25(31)16-18-9-12-21(33-2)13-10-18/h9-15,20,24H,3-8,16-17H2,1-2H3,(H,29,32). The first-order valence-corrected chi connectivity index (χ1v) is 12.3. The van der Waals surface area contributed by atoms with Crippen molar-refractivity contribution in [2.75, 3.05) is 7.11 Å². The molecule has 1 aliphatic rings. The highest BCUT2D eigenvalue weighted by Gasteiger charge is 2.30. The van der Waals surface area contributed by atoms with Crippen LogP contribution in [-0.2, 0) is 22.6 Å². The van der Waals surface area contributed by atoms with Gasteiger partial charge >= 0.3 is 0 Å². The molecule has 1 N–H and O–H groups in total. The van der Waals surface area contributed by atoms with E-state index in [-0.39, 0.29) is 30.8 Å². The summed E-state index contributed by atoms with van der Waals surface area (Å²) in [5.41, 5.74) is 1.69. The minimum atomic E-state index is -0.563. The minimum absolute atomic E-state index is 0.0902. The SMILES string of the molecule is CCC(C(=O)NC1CCCCC1)N(Cc1ccc(Cl)c(Cl)c1)C(=O)Cc1ccc(OC)cc1. The van der Waals surface area contributed by atoms with Crippen LogP contribution in [0.3, 0.4) is 0 Å². The van der Waals surface area contributed by atoms with Gasteiger partial charge in [0.15, 0.2) is 0 Å². The molecule has 2 amide bonds. The number of hydrogen-bond acceptors (Lipinski definition) is 3. The average Bonchev–Trinajstić information content (AvgIpc) is 2.82. The van der Waals surface area contributed by atoms with E-state index in [1.807, 2.05) is 37.3 Å². The van der Waals surface area contributed by atoms with Gasteiger partial charge in [-0.25, -0.2) is 0 Å². The lowest BCUT2D eigenvalue weighted by molar-refractivity contribution is -0.141. The Hall–Kier alpha value is -2.24. The lowest BCUT2D eigenvalue weighted by Gasteiger charge is -2.33. The van der Waals surface area contributed by atoms with E-state index in [2.05, 4.69) is 5.32 Å². The van der Waals surface area contributed by atoms with Crippen LogP contribution in [-0.4, -0.2) is 35.9 Å². The molecule has 0 aromatic heterocycles.